The number of anilines is 1. The number of hydrogen-bond donors (Lipinski definition) is 1. The van der Waals surface area contributed by atoms with E-state index in [1.165, 1.54) is 11.0 Å². The van der Waals surface area contributed by atoms with Crippen molar-refractivity contribution >= 4 is 34.9 Å². The van der Waals surface area contributed by atoms with Gasteiger partial charge in [-0.25, -0.2) is 13.6 Å². The Morgan fingerprint density at radius 1 is 0.865 bits per heavy atom. The highest BCUT2D eigenvalue weighted by Crippen LogP contribution is 2.23. The third-order valence-electron chi connectivity index (χ3n) is 5.67. The normalized spacial score (nSPS) is 10.7. The van der Waals surface area contributed by atoms with E-state index in [-0.39, 0.29) is 12.2 Å². The first-order chi connectivity index (χ1) is 17.9. The summed E-state index contributed by atoms with van der Waals surface area (Å²) in [5.41, 5.74) is 2.62. The second-order valence-electron chi connectivity index (χ2n) is 8.38. The van der Waals surface area contributed by atoms with Crippen molar-refractivity contribution in [3.05, 3.63) is 129 Å². The minimum atomic E-state index is -0.853. The molecule has 8 heteroatoms. The predicted molar refractivity (Wildman–Crippen MR) is 143 cm³/mol. The summed E-state index contributed by atoms with van der Waals surface area (Å²) in [6, 6.07) is 24.9. The Hall–Kier alpha value is -3.61. The summed E-state index contributed by atoms with van der Waals surface area (Å²) >= 11 is 12.3. The number of hydrogen-bond acceptors (Lipinski definition) is 2. The maximum Gasteiger partial charge on any atom is 0.322 e. The molecule has 2 amide bonds. The van der Waals surface area contributed by atoms with E-state index < -0.39 is 17.7 Å². The fraction of sp³-hybridized carbons (Fsp3) is 0.138. The molecule has 4 nitrogen and oxygen atoms in total. The van der Waals surface area contributed by atoms with Gasteiger partial charge in [-0.1, -0.05) is 71.7 Å². The molecule has 0 radical (unpaired) electrons. The SMILES string of the molecule is O=C(Nc1ccc(F)cc1F)N(CCc1ccc(Cl)cc1Cl)Cc1ccc(OCc2ccccc2)cc1. The molecule has 4 rings (SSSR count). The number of nitrogens with zero attached hydrogens (tertiary/aromatic N) is 1. The molecule has 0 unspecified atom stereocenters. The van der Waals surface area contributed by atoms with Crippen molar-refractivity contribution < 1.29 is 18.3 Å². The highest BCUT2D eigenvalue weighted by molar-refractivity contribution is 6.35. The average molecular weight is 541 g/mol. The van der Waals surface area contributed by atoms with Gasteiger partial charge in [0.25, 0.3) is 0 Å². The van der Waals surface area contributed by atoms with Crippen LogP contribution in [0.2, 0.25) is 10.0 Å². The van der Waals surface area contributed by atoms with Crippen molar-refractivity contribution in [3.63, 3.8) is 0 Å². The summed E-state index contributed by atoms with van der Waals surface area (Å²) in [6.07, 6.45) is 0.452. The topological polar surface area (TPSA) is 41.6 Å². The minimum Gasteiger partial charge on any atom is -0.489 e. The van der Waals surface area contributed by atoms with E-state index in [1.54, 1.807) is 18.2 Å². The third-order valence-corrected chi connectivity index (χ3v) is 6.26. The molecular formula is C29H24Cl2F2N2O2. The summed E-state index contributed by atoms with van der Waals surface area (Å²) in [4.78, 5) is 14.7. The number of amides is 2. The lowest BCUT2D eigenvalue weighted by Gasteiger charge is -2.24. The second kappa shape index (κ2) is 12.6. The molecule has 0 fully saturated rings. The zero-order chi connectivity index (χ0) is 26.2. The van der Waals surface area contributed by atoms with Crippen LogP contribution >= 0.6 is 23.2 Å². The van der Waals surface area contributed by atoms with Crippen LogP contribution in [0.15, 0.2) is 91.0 Å². The van der Waals surface area contributed by atoms with E-state index in [9.17, 15) is 13.6 Å². The standard InChI is InChI=1S/C29H24Cl2F2N2O2/c30-23-9-8-22(26(31)16-23)14-15-35(29(36)34-28-13-10-24(32)17-27(28)33)18-20-6-11-25(12-7-20)37-19-21-4-2-1-3-5-21/h1-13,16-17H,14-15,18-19H2,(H,34,36). The minimum absolute atomic E-state index is 0.106. The van der Waals surface area contributed by atoms with Gasteiger partial charge in [0.2, 0.25) is 0 Å². The summed E-state index contributed by atoms with van der Waals surface area (Å²) in [6.45, 7) is 0.987. The maximum absolute atomic E-state index is 14.2. The first kappa shape index (κ1) is 26.5. The Labute approximate surface area is 224 Å². The fourth-order valence-electron chi connectivity index (χ4n) is 3.67. The number of carbonyl (C=O) groups excluding carboxylic acids is 1. The van der Waals surface area contributed by atoms with E-state index in [2.05, 4.69) is 5.32 Å². The van der Waals surface area contributed by atoms with Crippen LogP contribution in [0, 0.1) is 11.6 Å². The van der Waals surface area contributed by atoms with Crippen LogP contribution < -0.4 is 10.1 Å². The largest absolute Gasteiger partial charge is 0.489 e. The van der Waals surface area contributed by atoms with Crippen LogP contribution in [0.4, 0.5) is 19.3 Å². The molecule has 0 aliphatic rings. The number of benzene rings is 4. The lowest BCUT2D eigenvalue weighted by Crippen LogP contribution is -2.36. The van der Waals surface area contributed by atoms with Crippen molar-refractivity contribution in [2.45, 2.75) is 19.6 Å². The van der Waals surface area contributed by atoms with E-state index in [4.69, 9.17) is 27.9 Å². The summed E-state index contributed by atoms with van der Waals surface area (Å²) < 4.78 is 33.3. The first-order valence-corrected chi connectivity index (χ1v) is 12.3. The number of halogens is 4. The van der Waals surface area contributed by atoms with Gasteiger partial charge in [-0.3, -0.25) is 0 Å². The van der Waals surface area contributed by atoms with Crippen molar-refractivity contribution in [2.75, 3.05) is 11.9 Å². The molecule has 0 saturated carbocycles. The number of carbonyl (C=O) groups is 1. The Morgan fingerprint density at radius 3 is 2.32 bits per heavy atom. The lowest BCUT2D eigenvalue weighted by atomic mass is 10.1. The molecule has 0 bridgehead atoms. The highest BCUT2D eigenvalue weighted by atomic mass is 35.5. The summed E-state index contributed by atoms with van der Waals surface area (Å²) in [5, 5.41) is 3.55. The van der Waals surface area contributed by atoms with E-state index in [1.807, 2.05) is 54.6 Å². The van der Waals surface area contributed by atoms with Gasteiger partial charge in [-0.2, -0.15) is 0 Å². The Morgan fingerprint density at radius 2 is 1.62 bits per heavy atom. The molecule has 0 aromatic heterocycles. The summed E-state index contributed by atoms with van der Waals surface area (Å²) in [5.74, 6) is -0.877. The van der Waals surface area contributed by atoms with E-state index in [0.29, 0.717) is 35.4 Å². The van der Waals surface area contributed by atoms with Crippen LogP contribution in [0.5, 0.6) is 5.75 Å². The summed E-state index contributed by atoms with van der Waals surface area (Å²) in [7, 11) is 0. The molecule has 4 aromatic carbocycles. The monoisotopic (exact) mass is 540 g/mol. The van der Waals surface area contributed by atoms with Gasteiger partial charge in [0.15, 0.2) is 0 Å². The van der Waals surface area contributed by atoms with Crippen molar-refractivity contribution in [1.82, 2.24) is 4.90 Å². The average Bonchev–Trinajstić information content (AvgIpc) is 2.89. The molecule has 190 valence electrons. The molecule has 0 atom stereocenters. The third kappa shape index (κ3) is 7.68. The van der Waals surface area contributed by atoms with Crippen LogP contribution in [0.3, 0.4) is 0 Å². The quantitative estimate of drug-likeness (QED) is 0.233. The van der Waals surface area contributed by atoms with Gasteiger partial charge in [-0.15, -0.1) is 0 Å². The van der Waals surface area contributed by atoms with Gasteiger partial charge in [0.1, 0.15) is 24.0 Å². The van der Waals surface area contributed by atoms with Gasteiger partial charge in [0.05, 0.1) is 5.69 Å². The Kier molecular flexibility index (Phi) is 8.99. The lowest BCUT2D eigenvalue weighted by molar-refractivity contribution is 0.209. The zero-order valence-electron chi connectivity index (χ0n) is 19.8. The molecular weight excluding hydrogens is 517 g/mol. The molecule has 37 heavy (non-hydrogen) atoms. The number of ether oxygens (including phenoxy) is 1. The molecule has 0 aliphatic heterocycles. The van der Waals surface area contributed by atoms with E-state index in [0.717, 1.165) is 28.8 Å². The van der Waals surface area contributed by atoms with Gasteiger partial charge >= 0.3 is 6.03 Å². The predicted octanol–water partition coefficient (Wildman–Crippen LogP) is 8.13. The fourth-order valence-corrected chi connectivity index (χ4v) is 4.17. The molecule has 4 aromatic rings. The molecule has 1 N–H and O–H groups in total. The van der Waals surface area contributed by atoms with Gasteiger partial charge < -0.3 is 15.0 Å². The van der Waals surface area contributed by atoms with Crippen LogP contribution in [0.25, 0.3) is 0 Å². The van der Waals surface area contributed by atoms with Crippen LogP contribution in [0.1, 0.15) is 16.7 Å². The van der Waals surface area contributed by atoms with Crippen LogP contribution in [-0.2, 0) is 19.6 Å². The smallest absolute Gasteiger partial charge is 0.322 e. The molecule has 0 spiro atoms. The highest BCUT2D eigenvalue weighted by Gasteiger charge is 2.17. The number of urea groups is 1. The zero-order valence-corrected chi connectivity index (χ0v) is 21.3. The molecule has 0 saturated heterocycles. The van der Waals surface area contributed by atoms with E-state index >= 15 is 0 Å². The van der Waals surface area contributed by atoms with Gasteiger partial charge in [0, 0.05) is 29.2 Å². The van der Waals surface area contributed by atoms with Gasteiger partial charge in [-0.05, 0) is 59.5 Å². The van der Waals surface area contributed by atoms with Crippen molar-refractivity contribution in [3.8, 4) is 5.75 Å². The molecule has 0 heterocycles. The Balaban J connectivity index is 1.46. The van der Waals surface area contributed by atoms with Crippen molar-refractivity contribution in [1.29, 1.82) is 0 Å². The maximum atomic E-state index is 14.2. The second-order valence-corrected chi connectivity index (χ2v) is 9.22. The van der Waals surface area contributed by atoms with Crippen LogP contribution in [-0.4, -0.2) is 17.5 Å². The molecule has 0 aliphatic carbocycles. The van der Waals surface area contributed by atoms with Crippen molar-refractivity contribution in [2.24, 2.45) is 0 Å². The number of rotatable bonds is 9. The first-order valence-electron chi connectivity index (χ1n) is 11.6. The number of nitrogens with one attached hydrogen (secondary N) is 1. The Bertz CT molecular complexity index is 1350.